The van der Waals surface area contributed by atoms with Gasteiger partial charge in [-0.3, -0.25) is 9.97 Å². The number of hydrogen-bond acceptors (Lipinski definition) is 4. The van der Waals surface area contributed by atoms with Gasteiger partial charge in [-0.2, -0.15) is 0 Å². The van der Waals surface area contributed by atoms with E-state index in [-0.39, 0.29) is 0 Å². The van der Waals surface area contributed by atoms with Crippen LogP contribution in [0, 0.1) is 6.92 Å². The molecule has 0 fully saturated rings. The zero-order valence-electron chi connectivity index (χ0n) is 12.9. The minimum Gasteiger partial charge on any atom is -0.254 e. The number of nitrogens with zero attached hydrogens (tertiary/aromatic N) is 2. The maximum Gasteiger partial charge on any atom is 0.175 e. The van der Waals surface area contributed by atoms with Gasteiger partial charge in [-0.15, -0.1) is 0 Å². The Labute approximate surface area is 135 Å². The van der Waals surface area contributed by atoms with Crippen molar-refractivity contribution in [3.63, 3.8) is 0 Å². The predicted octanol–water partition coefficient (Wildman–Crippen LogP) is 3.52. The summed E-state index contributed by atoms with van der Waals surface area (Å²) in [5.74, 6) is 0. The van der Waals surface area contributed by atoms with Gasteiger partial charge in [0.1, 0.15) is 0 Å². The van der Waals surface area contributed by atoms with Crippen LogP contribution in [0.3, 0.4) is 0 Å². The van der Waals surface area contributed by atoms with Crippen molar-refractivity contribution in [3.05, 3.63) is 66.5 Å². The van der Waals surface area contributed by atoms with Crippen molar-refractivity contribution in [2.75, 3.05) is 6.26 Å². The molecule has 1 aromatic carbocycles. The average molecular weight is 324 g/mol. The second kappa shape index (κ2) is 5.93. The molecule has 116 valence electrons. The molecular formula is C18H16N2O2S. The van der Waals surface area contributed by atoms with Crippen LogP contribution in [-0.2, 0) is 9.84 Å². The molecule has 0 unspecified atom stereocenters. The summed E-state index contributed by atoms with van der Waals surface area (Å²) in [6, 6.07) is 14.5. The molecule has 0 saturated heterocycles. The summed E-state index contributed by atoms with van der Waals surface area (Å²) < 4.78 is 23.2. The van der Waals surface area contributed by atoms with Crippen molar-refractivity contribution in [3.8, 4) is 22.5 Å². The first-order valence-electron chi connectivity index (χ1n) is 7.14. The molecule has 0 bridgehead atoms. The SMILES string of the molecule is Cc1cccnc1-c1ncccc1-c1ccc(S(C)(=O)=O)cc1. The Bertz CT molecular complexity index is 949. The Morgan fingerprint density at radius 2 is 1.43 bits per heavy atom. The number of rotatable bonds is 3. The van der Waals surface area contributed by atoms with E-state index in [0.29, 0.717) is 4.90 Å². The Morgan fingerprint density at radius 3 is 2.04 bits per heavy atom. The highest BCUT2D eigenvalue weighted by molar-refractivity contribution is 7.90. The lowest BCUT2D eigenvalue weighted by Crippen LogP contribution is -1.97. The fourth-order valence-electron chi connectivity index (χ4n) is 2.44. The minimum absolute atomic E-state index is 0.306. The van der Waals surface area contributed by atoms with E-state index in [0.717, 1.165) is 28.1 Å². The normalized spacial score (nSPS) is 11.4. The van der Waals surface area contributed by atoms with Crippen LogP contribution in [-0.4, -0.2) is 24.6 Å². The summed E-state index contributed by atoms with van der Waals surface area (Å²) in [4.78, 5) is 9.22. The molecule has 0 N–H and O–H groups in total. The molecule has 3 aromatic rings. The first-order chi connectivity index (χ1) is 11.0. The molecule has 0 aliphatic carbocycles. The van der Waals surface area contributed by atoms with Crippen molar-refractivity contribution < 1.29 is 8.42 Å². The minimum atomic E-state index is -3.20. The van der Waals surface area contributed by atoms with Crippen LogP contribution in [0.25, 0.3) is 22.5 Å². The van der Waals surface area contributed by atoms with Crippen molar-refractivity contribution in [1.82, 2.24) is 9.97 Å². The van der Waals surface area contributed by atoms with Gasteiger partial charge in [-0.1, -0.05) is 24.3 Å². The summed E-state index contributed by atoms with van der Waals surface area (Å²) in [7, 11) is -3.20. The first kappa shape index (κ1) is 15.4. The quantitative estimate of drug-likeness (QED) is 0.739. The van der Waals surface area contributed by atoms with Crippen LogP contribution in [0.15, 0.2) is 65.8 Å². The Morgan fingerprint density at radius 1 is 0.826 bits per heavy atom. The van der Waals surface area contributed by atoms with E-state index in [4.69, 9.17) is 0 Å². The molecule has 0 aliphatic heterocycles. The van der Waals surface area contributed by atoms with Gasteiger partial charge in [0.05, 0.1) is 16.3 Å². The molecule has 23 heavy (non-hydrogen) atoms. The molecule has 2 heterocycles. The van der Waals surface area contributed by atoms with Crippen LogP contribution >= 0.6 is 0 Å². The van der Waals surface area contributed by atoms with Crippen LogP contribution in [0.5, 0.6) is 0 Å². The number of benzene rings is 1. The van der Waals surface area contributed by atoms with Crippen molar-refractivity contribution in [2.45, 2.75) is 11.8 Å². The molecule has 0 atom stereocenters. The van der Waals surface area contributed by atoms with Crippen LogP contribution < -0.4 is 0 Å². The van der Waals surface area contributed by atoms with Crippen molar-refractivity contribution in [2.24, 2.45) is 0 Å². The van der Waals surface area contributed by atoms with Gasteiger partial charge in [0.25, 0.3) is 0 Å². The number of aryl methyl sites for hydroxylation is 1. The monoisotopic (exact) mass is 324 g/mol. The maximum atomic E-state index is 11.6. The highest BCUT2D eigenvalue weighted by Crippen LogP contribution is 2.31. The number of sulfone groups is 1. The van der Waals surface area contributed by atoms with Gasteiger partial charge in [0.2, 0.25) is 0 Å². The molecule has 0 radical (unpaired) electrons. The molecular weight excluding hydrogens is 308 g/mol. The average Bonchev–Trinajstić information content (AvgIpc) is 2.55. The second-order valence-electron chi connectivity index (χ2n) is 5.37. The number of hydrogen-bond donors (Lipinski definition) is 0. The third-order valence-electron chi connectivity index (χ3n) is 3.63. The standard InChI is InChI=1S/C18H16N2O2S/c1-13-5-3-11-19-17(13)18-16(6-4-12-20-18)14-7-9-15(10-8-14)23(2,21)22/h3-12H,1-2H3. The molecule has 2 aromatic heterocycles. The van der Waals surface area contributed by atoms with Crippen LogP contribution in [0.1, 0.15) is 5.56 Å². The van der Waals surface area contributed by atoms with Gasteiger partial charge >= 0.3 is 0 Å². The topological polar surface area (TPSA) is 59.9 Å². The lowest BCUT2D eigenvalue weighted by atomic mass is 10.0. The van der Waals surface area contributed by atoms with Crippen molar-refractivity contribution >= 4 is 9.84 Å². The van der Waals surface area contributed by atoms with Gasteiger partial charge < -0.3 is 0 Å². The summed E-state index contributed by atoms with van der Waals surface area (Å²) in [6.45, 7) is 1.99. The van der Waals surface area contributed by atoms with Gasteiger partial charge in [-0.25, -0.2) is 8.42 Å². The lowest BCUT2D eigenvalue weighted by molar-refractivity contribution is 0.602. The van der Waals surface area contributed by atoms with Crippen LogP contribution in [0.4, 0.5) is 0 Å². The number of pyridine rings is 2. The van der Waals surface area contributed by atoms with E-state index in [1.54, 1.807) is 36.7 Å². The van der Waals surface area contributed by atoms with E-state index in [2.05, 4.69) is 9.97 Å². The molecule has 4 nitrogen and oxygen atoms in total. The highest BCUT2D eigenvalue weighted by Gasteiger charge is 2.13. The molecule has 0 aliphatic rings. The van der Waals surface area contributed by atoms with Gasteiger partial charge in [-0.05, 0) is 42.3 Å². The van der Waals surface area contributed by atoms with Crippen LogP contribution in [0.2, 0.25) is 0 Å². The molecule has 0 saturated carbocycles. The van der Waals surface area contributed by atoms with E-state index >= 15 is 0 Å². The summed E-state index contributed by atoms with van der Waals surface area (Å²) >= 11 is 0. The van der Waals surface area contributed by atoms with E-state index in [1.807, 2.05) is 31.2 Å². The number of aromatic nitrogens is 2. The summed E-state index contributed by atoms with van der Waals surface area (Å²) in [6.07, 6.45) is 4.68. The Balaban J connectivity index is 2.13. The predicted molar refractivity (Wildman–Crippen MR) is 90.8 cm³/mol. The van der Waals surface area contributed by atoms with Gasteiger partial charge in [0.15, 0.2) is 9.84 Å². The zero-order valence-corrected chi connectivity index (χ0v) is 13.7. The largest absolute Gasteiger partial charge is 0.254 e. The maximum absolute atomic E-state index is 11.6. The molecule has 0 amide bonds. The molecule has 3 rings (SSSR count). The fraction of sp³-hybridized carbons (Fsp3) is 0.111. The summed E-state index contributed by atoms with van der Waals surface area (Å²) in [5, 5.41) is 0. The highest BCUT2D eigenvalue weighted by atomic mass is 32.2. The summed E-state index contributed by atoms with van der Waals surface area (Å²) in [5.41, 5.74) is 4.49. The van der Waals surface area contributed by atoms with E-state index < -0.39 is 9.84 Å². The van der Waals surface area contributed by atoms with Gasteiger partial charge in [0, 0.05) is 24.2 Å². The molecule has 0 spiro atoms. The van der Waals surface area contributed by atoms with E-state index in [9.17, 15) is 8.42 Å². The van der Waals surface area contributed by atoms with Crippen molar-refractivity contribution in [1.29, 1.82) is 0 Å². The third-order valence-corrected chi connectivity index (χ3v) is 4.76. The third kappa shape index (κ3) is 3.14. The van der Waals surface area contributed by atoms with E-state index in [1.165, 1.54) is 6.26 Å². The lowest BCUT2D eigenvalue weighted by Gasteiger charge is -2.10. The first-order valence-corrected chi connectivity index (χ1v) is 9.03. The smallest absolute Gasteiger partial charge is 0.175 e. The Kier molecular flexibility index (Phi) is 3.96. The Hall–Kier alpha value is -2.53. The molecule has 5 heteroatoms. The second-order valence-corrected chi connectivity index (χ2v) is 7.38. The zero-order chi connectivity index (χ0) is 16.4. The fourth-order valence-corrected chi connectivity index (χ4v) is 3.07.